The number of rotatable bonds is 15. The van der Waals surface area contributed by atoms with Gasteiger partial charge in [-0.25, -0.2) is 0 Å². The molecule has 0 aliphatic carbocycles. The topological polar surface area (TPSA) is 151 Å². The number of carbonyl (C=O) groups is 3. The van der Waals surface area contributed by atoms with Crippen LogP contribution in [0.2, 0.25) is 0 Å². The molecule has 0 radical (unpaired) electrons. The Morgan fingerprint density at radius 1 is 0.900 bits per heavy atom. The van der Waals surface area contributed by atoms with E-state index < -0.39 is 29.9 Å². The molecule has 0 unspecified atom stereocenters. The zero-order chi connectivity index (χ0) is 29.0. The van der Waals surface area contributed by atoms with Crippen molar-refractivity contribution in [3.05, 3.63) is 108 Å². The number of amides is 1. The molecule has 0 aliphatic rings. The van der Waals surface area contributed by atoms with Crippen LogP contribution in [0.5, 0.6) is 0 Å². The molecule has 9 heteroatoms. The smallest absolute Gasteiger partial charge is 0.322 e. The summed E-state index contributed by atoms with van der Waals surface area (Å²) in [6, 6.07) is 28.3. The fourth-order valence-electron chi connectivity index (χ4n) is 4.90. The summed E-state index contributed by atoms with van der Waals surface area (Å²) in [7, 11) is 1.73. The van der Waals surface area contributed by atoms with Crippen molar-refractivity contribution in [2.45, 2.75) is 30.7 Å². The lowest BCUT2D eigenvalue weighted by Gasteiger charge is -2.41. The molecule has 0 bridgehead atoms. The third kappa shape index (κ3) is 7.77. The van der Waals surface area contributed by atoms with Crippen LogP contribution in [0.4, 0.5) is 0 Å². The Hall–Kier alpha value is -4.50. The van der Waals surface area contributed by atoms with Crippen molar-refractivity contribution in [2.75, 3.05) is 26.7 Å². The monoisotopic (exact) mass is 543 g/mol. The van der Waals surface area contributed by atoms with Crippen molar-refractivity contribution >= 4 is 23.6 Å². The molecule has 0 spiro atoms. The van der Waals surface area contributed by atoms with Gasteiger partial charge < -0.3 is 21.9 Å². The first kappa shape index (κ1) is 30.0. The summed E-state index contributed by atoms with van der Waals surface area (Å²) >= 11 is 0. The first-order valence-electron chi connectivity index (χ1n) is 13.2. The Morgan fingerprint density at radius 3 is 1.93 bits per heavy atom. The van der Waals surface area contributed by atoms with Gasteiger partial charge in [-0.15, -0.1) is 0 Å². The summed E-state index contributed by atoms with van der Waals surface area (Å²) in [6.07, 6.45) is 0.972. The molecule has 9 nitrogen and oxygen atoms in total. The van der Waals surface area contributed by atoms with Crippen LogP contribution in [-0.2, 0) is 20.8 Å². The van der Waals surface area contributed by atoms with E-state index in [9.17, 15) is 19.5 Å². The number of aliphatic carboxylic acids is 1. The predicted molar refractivity (Wildman–Crippen MR) is 156 cm³/mol. The Bertz CT molecular complexity index is 1240. The summed E-state index contributed by atoms with van der Waals surface area (Å²) < 4.78 is 0. The molecule has 1 amide bonds. The van der Waals surface area contributed by atoms with Gasteiger partial charge in [0.25, 0.3) is 0 Å². The highest BCUT2D eigenvalue weighted by Crippen LogP contribution is 2.35. The lowest BCUT2D eigenvalue weighted by Crippen LogP contribution is -2.64. The second kappa shape index (κ2) is 14.6. The molecule has 210 valence electrons. The van der Waals surface area contributed by atoms with Crippen LogP contribution in [0.15, 0.2) is 96.0 Å². The molecule has 0 aromatic heterocycles. The van der Waals surface area contributed by atoms with E-state index in [1.807, 2.05) is 91.0 Å². The highest BCUT2D eigenvalue weighted by molar-refractivity contribution is 6.14. The summed E-state index contributed by atoms with van der Waals surface area (Å²) in [5, 5.41) is 11.8. The van der Waals surface area contributed by atoms with Gasteiger partial charge in [0.05, 0.1) is 5.92 Å². The average Bonchev–Trinajstić information content (AvgIpc) is 2.96. The quantitative estimate of drug-likeness (QED) is 0.0995. The molecule has 0 saturated carbocycles. The number of carboxylic acids is 1. The molecular weight excluding hydrogens is 506 g/mol. The lowest BCUT2D eigenvalue weighted by atomic mass is 9.74. The van der Waals surface area contributed by atoms with Crippen molar-refractivity contribution in [2.24, 2.45) is 16.5 Å². The zero-order valence-electron chi connectivity index (χ0n) is 22.7. The third-order valence-corrected chi connectivity index (χ3v) is 6.93. The number of hydrogen-bond donors (Lipinski definition) is 4. The van der Waals surface area contributed by atoms with Crippen LogP contribution in [0.25, 0.3) is 0 Å². The van der Waals surface area contributed by atoms with E-state index in [-0.39, 0.29) is 24.7 Å². The van der Waals surface area contributed by atoms with Gasteiger partial charge in [0, 0.05) is 13.1 Å². The van der Waals surface area contributed by atoms with E-state index in [4.69, 9.17) is 11.5 Å². The Morgan fingerprint density at radius 2 is 1.43 bits per heavy atom. The average molecular weight is 544 g/mol. The number of nitrogens with zero attached hydrogens (tertiary/aromatic N) is 2. The molecular formula is C31H37N5O4. The maximum absolute atomic E-state index is 14.9. The minimum absolute atomic E-state index is 0.0789. The highest BCUT2D eigenvalue weighted by atomic mass is 16.4. The number of nitrogens with two attached hydrogens (primary N) is 2. The Kier molecular flexibility index (Phi) is 11.0. The van der Waals surface area contributed by atoms with Crippen LogP contribution < -0.4 is 16.8 Å². The fraction of sp³-hybridized carbons (Fsp3) is 0.290. The van der Waals surface area contributed by atoms with Gasteiger partial charge in [0.1, 0.15) is 6.54 Å². The van der Waals surface area contributed by atoms with Crippen molar-refractivity contribution in [3.63, 3.8) is 0 Å². The summed E-state index contributed by atoms with van der Waals surface area (Å²) in [4.78, 5) is 46.2. The second-order valence-corrected chi connectivity index (χ2v) is 9.62. The van der Waals surface area contributed by atoms with E-state index in [2.05, 4.69) is 10.3 Å². The maximum Gasteiger partial charge on any atom is 0.322 e. The van der Waals surface area contributed by atoms with E-state index in [1.165, 1.54) is 0 Å². The van der Waals surface area contributed by atoms with E-state index in [1.54, 1.807) is 11.9 Å². The molecule has 1 atom stereocenters. The lowest BCUT2D eigenvalue weighted by molar-refractivity contribution is -0.148. The number of carbonyl (C=O) groups excluding carboxylic acids is 2. The van der Waals surface area contributed by atoms with Crippen LogP contribution in [-0.4, -0.2) is 65.8 Å². The molecule has 40 heavy (non-hydrogen) atoms. The van der Waals surface area contributed by atoms with Gasteiger partial charge in [-0.2, -0.15) is 0 Å². The normalized spacial score (nSPS) is 12.5. The predicted octanol–water partition coefficient (Wildman–Crippen LogP) is 2.56. The van der Waals surface area contributed by atoms with Crippen LogP contribution in [0.3, 0.4) is 0 Å². The van der Waals surface area contributed by atoms with Gasteiger partial charge in [0.15, 0.2) is 17.3 Å². The minimum atomic E-state index is -1.71. The molecule has 0 saturated heterocycles. The summed E-state index contributed by atoms with van der Waals surface area (Å²) in [5.41, 5.74) is 11.8. The van der Waals surface area contributed by atoms with E-state index >= 15 is 0 Å². The second-order valence-electron chi connectivity index (χ2n) is 9.62. The first-order chi connectivity index (χ1) is 19.3. The van der Waals surface area contributed by atoms with Gasteiger partial charge in [0.2, 0.25) is 5.91 Å². The maximum atomic E-state index is 14.9. The number of hydrogen-bond acceptors (Lipinski definition) is 5. The van der Waals surface area contributed by atoms with Gasteiger partial charge >= 0.3 is 5.97 Å². The summed E-state index contributed by atoms with van der Waals surface area (Å²) in [6.45, 7) is -0.0398. The number of aliphatic imine (C=N–C) groups is 1. The Labute approximate surface area is 234 Å². The number of nitrogens with one attached hydrogen (secondary N) is 1. The van der Waals surface area contributed by atoms with Gasteiger partial charge in [-0.3, -0.25) is 24.3 Å². The molecule has 0 aliphatic heterocycles. The number of benzene rings is 3. The number of guanidine groups is 1. The fourth-order valence-corrected chi connectivity index (χ4v) is 4.90. The number of ketones is 1. The van der Waals surface area contributed by atoms with E-state index in [0.717, 1.165) is 16.7 Å². The van der Waals surface area contributed by atoms with Crippen LogP contribution in [0.1, 0.15) is 35.4 Å². The third-order valence-electron chi connectivity index (χ3n) is 6.93. The molecule has 0 heterocycles. The summed E-state index contributed by atoms with van der Waals surface area (Å²) in [5.74, 6) is -3.09. The molecule has 6 N–H and O–H groups in total. The van der Waals surface area contributed by atoms with Crippen molar-refractivity contribution in [1.29, 1.82) is 0 Å². The van der Waals surface area contributed by atoms with Crippen LogP contribution >= 0.6 is 0 Å². The van der Waals surface area contributed by atoms with Crippen molar-refractivity contribution in [1.82, 2.24) is 10.2 Å². The molecule has 0 fully saturated rings. The van der Waals surface area contributed by atoms with Crippen molar-refractivity contribution in [3.8, 4) is 0 Å². The van der Waals surface area contributed by atoms with Crippen LogP contribution in [0, 0.1) is 0 Å². The zero-order valence-corrected chi connectivity index (χ0v) is 22.7. The number of Topliss-reactive ketones (excluding diaryl/α,β-unsaturated/α-hetero) is 1. The Balaban J connectivity index is 2.13. The molecule has 3 rings (SSSR count). The molecule has 3 aromatic carbocycles. The molecule has 3 aromatic rings. The minimum Gasteiger partial charge on any atom is -0.480 e. The number of carboxylic acid groups (broad SMARTS) is 1. The SMILES string of the molecule is CN(CCc1ccccc1)[C@@](CCCN=C(N)N)(C(=O)NCC(=O)O)C(=O)C(c1ccccc1)c1ccccc1. The first-order valence-corrected chi connectivity index (χ1v) is 13.2. The largest absolute Gasteiger partial charge is 0.480 e. The van der Waals surface area contributed by atoms with Crippen molar-refractivity contribution < 1.29 is 19.5 Å². The van der Waals surface area contributed by atoms with Gasteiger partial charge in [-0.1, -0.05) is 91.0 Å². The number of likely N-dealkylation sites (N-methyl/N-ethyl adjacent to an activating group) is 1. The highest BCUT2D eigenvalue weighted by Gasteiger charge is 2.51. The standard InChI is InChI=1S/C31H37N5O4/c1-36(21-18-23-12-5-2-6-13-23)31(19-11-20-34-30(32)33,29(40)35-22-26(37)38)28(39)27(24-14-7-3-8-15-24)25-16-9-4-10-17-25/h2-10,12-17,27H,11,18-22H2,1H3,(H,35,40)(H,37,38)(H4,32,33,34)/t31-/m1/s1. The van der Waals surface area contributed by atoms with E-state index in [0.29, 0.717) is 19.4 Å². The van der Waals surface area contributed by atoms with Gasteiger partial charge in [-0.05, 0) is 43.0 Å².